The van der Waals surface area contributed by atoms with E-state index in [9.17, 15) is 9.59 Å². The average Bonchev–Trinajstić information content (AvgIpc) is 2.84. The first-order valence-electron chi connectivity index (χ1n) is 4.71. The molecular weight excluding hydrogens is 252 g/mol. The van der Waals surface area contributed by atoms with Gasteiger partial charge in [-0.25, -0.2) is 0 Å². The maximum atomic E-state index is 11.5. The summed E-state index contributed by atoms with van der Waals surface area (Å²) < 4.78 is 0.235. The highest BCUT2D eigenvalue weighted by Gasteiger charge is 2.21. The second-order valence-corrected chi connectivity index (χ2v) is 4.93. The van der Waals surface area contributed by atoms with Gasteiger partial charge in [-0.05, 0) is 18.0 Å². The number of amides is 2. The lowest BCUT2D eigenvalue weighted by molar-refractivity contribution is -0.119. The summed E-state index contributed by atoms with van der Waals surface area (Å²) in [6, 6.07) is 0.0137. The number of hydrogen-bond donors (Lipinski definition) is 2. The molecule has 2 amide bonds. The number of nitrogens with zero attached hydrogens (tertiary/aromatic N) is 2. The van der Waals surface area contributed by atoms with Gasteiger partial charge in [-0.2, -0.15) is 0 Å². The summed E-state index contributed by atoms with van der Waals surface area (Å²) >= 11 is 6.58. The van der Waals surface area contributed by atoms with Crippen molar-refractivity contribution in [2.24, 2.45) is 0 Å². The molecule has 1 aliphatic rings. The molecule has 1 atom stereocenters. The third-order valence-electron chi connectivity index (χ3n) is 2.19. The molecule has 0 radical (unpaired) electrons. The molecule has 6 nitrogen and oxygen atoms in total. The van der Waals surface area contributed by atoms with Gasteiger partial charge < -0.3 is 10.6 Å². The molecule has 2 N–H and O–H groups in total. The predicted octanol–water partition coefficient (Wildman–Crippen LogP) is 0.200. The lowest BCUT2D eigenvalue weighted by atomic mass is 10.2. The lowest BCUT2D eigenvalue weighted by Crippen LogP contribution is -2.38. The zero-order valence-electron chi connectivity index (χ0n) is 8.20. The first kappa shape index (κ1) is 11.3. The summed E-state index contributed by atoms with van der Waals surface area (Å²) in [5.74, 6) is -0.288. The molecule has 1 aromatic heterocycles. The van der Waals surface area contributed by atoms with Gasteiger partial charge in [-0.15, -0.1) is 10.2 Å². The van der Waals surface area contributed by atoms with Crippen LogP contribution in [0.4, 0.5) is 0 Å². The SMILES string of the molecule is O=C1CCC(CNC(=O)c2nnc(Cl)s2)N1. The Labute approximate surface area is 100 Å². The van der Waals surface area contributed by atoms with Gasteiger partial charge in [0.1, 0.15) is 0 Å². The number of carbonyl (C=O) groups excluding carboxylic acids is 2. The van der Waals surface area contributed by atoms with Crippen molar-refractivity contribution in [2.75, 3.05) is 6.54 Å². The normalized spacial score (nSPS) is 19.6. The van der Waals surface area contributed by atoms with Crippen molar-refractivity contribution in [1.29, 1.82) is 0 Å². The van der Waals surface area contributed by atoms with Gasteiger partial charge in [0, 0.05) is 19.0 Å². The minimum absolute atomic E-state index is 0.0137. The first-order chi connectivity index (χ1) is 7.65. The van der Waals surface area contributed by atoms with Crippen molar-refractivity contribution in [1.82, 2.24) is 20.8 Å². The van der Waals surface area contributed by atoms with E-state index in [-0.39, 0.29) is 27.3 Å². The molecule has 2 heterocycles. The van der Waals surface area contributed by atoms with Crippen LogP contribution < -0.4 is 10.6 Å². The molecule has 2 rings (SSSR count). The van der Waals surface area contributed by atoms with Crippen molar-refractivity contribution in [3.05, 3.63) is 9.47 Å². The zero-order chi connectivity index (χ0) is 11.5. The minimum atomic E-state index is -0.314. The molecule has 0 saturated carbocycles. The lowest BCUT2D eigenvalue weighted by Gasteiger charge is -2.09. The van der Waals surface area contributed by atoms with Gasteiger partial charge >= 0.3 is 0 Å². The third-order valence-corrected chi connectivity index (χ3v) is 3.21. The highest BCUT2D eigenvalue weighted by atomic mass is 35.5. The van der Waals surface area contributed by atoms with E-state index in [0.29, 0.717) is 13.0 Å². The topological polar surface area (TPSA) is 84.0 Å². The monoisotopic (exact) mass is 260 g/mol. The molecule has 1 fully saturated rings. The standard InChI is InChI=1S/C8H9ClN4O2S/c9-8-13-12-7(16-8)6(15)10-3-4-1-2-5(14)11-4/h4H,1-3H2,(H,10,15)(H,11,14). The van der Waals surface area contributed by atoms with Gasteiger partial charge in [0.25, 0.3) is 5.91 Å². The van der Waals surface area contributed by atoms with E-state index in [1.54, 1.807) is 0 Å². The Balaban J connectivity index is 1.82. The van der Waals surface area contributed by atoms with Crippen LogP contribution in [-0.4, -0.2) is 34.6 Å². The van der Waals surface area contributed by atoms with E-state index < -0.39 is 0 Å². The van der Waals surface area contributed by atoms with Crippen LogP contribution in [0.15, 0.2) is 0 Å². The van der Waals surface area contributed by atoms with Gasteiger partial charge in [0.05, 0.1) is 0 Å². The van der Waals surface area contributed by atoms with Crippen molar-refractivity contribution in [2.45, 2.75) is 18.9 Å². The molecule has 1 aromatic rings. The van der Waals surface area contributed by atoms with Crippen molar-refractivity contribution < 1.29 is 9.59 Å². The van der Waals surface area contributed by atoms with Crippen LogP contribution in [0, 0.1) is 0 Å². The van der Waals surface area contributed by atoms with E-state index in [4.69, 9.17) is 11.6 Å². The Morgan fingerprint density at radius 1 is 1.62 bits per heavy atom. The number of aromatic nitrogens is 2. The van der Waals surface area contributed by atoms with Gasteiger partial charge in [-0.3, -0.25) is 9.59 Å². The van der Waals surface area contributed by atoms with Crippen LogP contribution >= 0.6 is 22.9 Å². The minimum Gasteiger partial charge on any atom is -0.352 e. The largest absolute Gasteiger partial charge is 0.352 e. The molecule has 16 heavy (non-hydrogen) atoms. The quantitative estimate of drug-likeness (QED) is 0.813. The molecule has 0 spiro atoms. The number of hydrogen-bond acceptors (Lipinski definition) is 5. The molecule has 0 aliphatic carbocycles. The fourth-order valence-electron chi connectivity index (χ4n) is 1.42. The summed E-state index contributed by atoms with van der Waals surface area (Å²) in [7, 11) is 0. The highest BCUT2D eigenvalue weighted by Crippen LogP contribution is 2.14. The first-order valence-corrected chi connectivity index (χ1v) is 5.91. The van der Waals surface area contributed by atoms with Crippen LogP contribution in [0.2, 0.25) is 4.47 Å². The number of carbonyl (C=O) groups is 2. The molecule has 1 saturated heterocycles. The fourth-order valence-corrected chi connectivity index (χ4v) is 2.16. The van der Waals surface area contributed by atoms with Crippen molar-refractivity contribution in [3.63, 3.8) is 0 Å². The molecule has 1 unspecified atom stereocenters. The maximum absolute atomic E-state index is 11.5. The molecule has 8 heteroatoms. The van der Waals surface area contributed by atoms with E-state index in [1.807, 2.05) is 0 Å². The van der Waals surface area contributed by atoms with E-state index in [2.05, 4.69) is 20.8 Å². The second kappa shape index (κ2) is 4.75. The Morgan fingerprint density at radius 3 is 3.00 bits per heavy atom. The molecule has 1 aliphatic heterocycles. The van der Waals surface area contributed by atoms with Gasteiger partial charge in [0.2, 0.25) is 15.4 Å². The van der Waals surface area contributed by atoms with Gasteiger partial charge in [0.15, 0.2) is 0 Å². The fraction of sp³-hybridized carbons (Fsp3) is 0.500. The molecule has 0 aromatic carbocycles. The average molecular weight is 261 g/mol. The van der Waals surface area contributed by atoms with Crippen LogP contribution in [0.1, 0.15) is 22.6 Å². The molecule has 0 bridgehead atoms. The van der Waals surface area contributed by atoms with Crippen LogP contribution in [0.25, 0.3) is 0 Å². The van der Waals surface area contributed by atoms with Crippen molar-refractivity contribution in [3.8, 4) is 0 Å². The van der Waals surface area contributed by atoms with Gasteiger partial charge in [-0.1, -0.05) is 11.3 Å². The zero-order valence-corrected chi connectivity index (χ0v) is 9.77. The van der Waals surface area contributed by atoms with E-state index in [0.717, 1.165) is 17.8 Å². The summed E-state index contributed by atoms with van der Waals surface area (Å²) in [6.45, 7) is 0.405. The Hall–Kier alpha value is -1.21. The van der Waals surface area contributed by atoms with Crippen LogP contribution in [0.5, 0.6) is 0 Å². The Bertz CT molecular complexity index is 422. The highest BCUT2D eigenvalue weighted by molar-refractivity contribution is 7.17. The maximum Gasteiger partial charge on any atom is 0.282 e. The van der Waals surface area contributed by atoms with E-state index >= 15 is 0 Å². The summed E-state index contributed by atoms with van der Waals surface area (Å²) in [5.41, 5.74) is 0. The number of halogens is 1. The van der Waals surface area contributed by atoms with E-state index in [1.165, 1.54) is 0 Å². The third kappa shape index (κ3) is 2.67. The predicted molar refractivity (Wildman–Crippen MR) is 58.4 cm³/mol. The van der Waals surface area contributed by atoms with Crippen LogP contribution in [-0.2, 0) is 4.79 Å². The van der Waals surface area contributed by atoms with Crippen LogP contribution in [0.3, 0.4) is 0 Å². The number of nitrogens with one attached hydrogen (secondary N) is 2. The number of rotatable bonds is 3. The van der Waals surface area contributed by atoms with Crippen molar-refractivity contribution >= 4 is 34.8 Å². The Kier molecular flexibility index (Phi) is 3.35. The molecular formula is C8H9ClN4O2S. The molecule has 86 valence electrons. The summed E-state index contributed by atoms with van der Waals surface area (Å²) in [6.07, 6.45) is 1.27. The second-order valence-electron chi connectivity index (χ2n) is 3.37. The summed E-state index contributed by atoms with van der Waals surface area (Å²) in [4.78, 5) is 22.4. The smallest absolute Gasteiger partial charge is 0.282 e. The summed E-state index contributed by atoms with van der Waals surface area (Å²) in [5, 5.41) is 12.8. The Morgan fingerprint density at radius 2 is 2.44 bits per heavy atom.